The number of ether oxygens (including phenoxy) is 1. The van der Waals surface area contributed by atoms with Crippen molar-refractivity contribution in [3.8, 4) is 0 Å². The van der Waals surface area contributed by atoms with Crippen LogP contribution in [0.1, 0.15) is 92.4 Å². The number of likely N-dealkylation sites (tertiary alicyclic amines) is 1. The molecule has 0 bridgehead atoms. The molecule has 4 aliphatic rings. The second-order valence-corrected chi connectivity index (χ2v) is 13.7. The molecule has 1 heterocycles. The van der Waals surface area contributed by atoms with Crippen LogP contribution in [0.25, 0.3) is 0 Å². The Balaban J connectivity index is 1.55. The Morgan fingerprint density at radius 2 is 1.62 bits per heavy atom. The van der Waals surface area contributed by atoms with E-state index in [0.29, 0.717) is 13.0 Å². The van der Waals surface area contributed by atoms with Gasteiger partial charge in [0, 0.05) is 6.54 Å². The van der Waals surface area contributed by atoms with Crippen molar-refractivity contribution in [3.05, 3.63) is 0 Å². The highest BCUT2D eigenvalue weighted by molar-refractivity contribution is 6.37. The van der Waals surface area contributed by atoms with E-state index >= 15 is 0 Å². The number of amides is 4. The normalized spacial score (nSPS) is 27.9. The quantitative estimate of drug-likeness (QED) is 0.379. The molecule has 5 atom stereocenters. The van der Waals surface area contributed by atoms with Gasteiger partial charge in [0.25, 0.3) is 5.91 Å². The van der Waals surface area contributed by atoms with Crippen LogP contribution >= 0.6 is 0 Å². The predicted molar refractivity (Wildman–Crippen MR) is 144 cm³/mol. The second-order valence-electron chi connectivity index (χ2n) is 13.7. The van der Waals surface area contributed by atoms with Crippen LogP contribution in [0.15, 0.2) is 0 Å². The largest absolute Gasteiger partial charge is 0.444 e. The SMILES string of the molecule is CC(C)(C)OC(=O)NC(C(=O)N1CC2C(C1C(=O)NC(CC1CCC1)C(=O)C(N)=O)C2(C)C)C1CCCCC1. The Hall–Kier alpha value is -2.65. The van der Waals surface area contributed by atoms with Gasteiger partial charge in [0.05, 0.1) is 6.04 Å². The fourth-order valence-corrected chi connectivity index (χ4v) is 7.00. The zero-order valence-electron chi connectivity index (χ0n) is 24.1. The molecule has 218 valence electrons. The summed E-state index contributed by atoms with van der Waals surface area (Å²) in [6, 6.07) is -2.57. The van der Waals surface area contributed by atoms with Gasteiger partial charge in [0.15, 0.2) is 0 Å². The van der Waals surface area contributed by atoms with Crippen molar-refractivity contribution < 1.29 is 28.7 Å². The van der Waals surface area contributed by atoms with E-state index in [9.17, 15) is 24.0 Å². The maximum absolute atomic E-state index is 14.1. The lowest BCUT2D eigenvalue weighted by atomic mass is 9.80. The predicted octanol–water partition coefficient (Wildman–Crippen LogP) is 2.67. The van der Waals surface area contributed by atoms with Gasteiger partial charge in [-0.1, -0.05) is 52.4 Å². The molecule has 3 saturated carbocycles. The molecule has 0 aromatic carbocycles. The molecule has 10 nitrogen and oxygen atoms in total. The summed E-state index contributed by atoms with van der Waals surface area (Å²) in [6.07, 6.45) is 7.35. The Kier molecular flexibility index (Phi) is 8.34. The van der Waals surface area contributed by atoms with Crippen molar-refractivity contribution in [1.29, 1.82) is 0 Å². The number of ketones is 1. The number of nitrogens with one attached hydrogen (secondary N) is 2. The van der Waals surface area contributed by atoms with Gasteiger partial charge >= 0.3 is 6.09 Å². The van der Waals surface area contributed by atoms with Crippen molar-refractivity contribution in [2.75, 3.05) is 6.54 Å². The minimum Gasteiger partial charge on any atom is -0.444 e. The molecular formula is C29H46N4O6. The highest BCUT2D eigenvalue weighted by Crippen LogP contribution is 2.65. The summed E-state index contributed by atoms with van der Waals surface area (Å²) in [4.78, 5) is 66.7. The van der Waals surface area contributed by atoms with E-state index in [2.05, 4.69) is 24.5 Å². The molecule has 4 N–H and O–H groups in total. The first-order valence-electron chi connectivity index (χ1n) is 14.6. The van der Waals surface area contributed by atoms with E-state index in [1.807, 2.05) is 0 Å². The average molecular weight is 547 g/mol. The molecule has 3 aliphatic carbocycles. The van der Waals surface area contributed by atoms with Crippen LogP contribution < -0.4 is 16.4 Å². The van der Waals surface area contributed by atoms with E-state index < -0.39 is 47.4 Å². The lowest BCUT2D eigenvalue weighted by Crippen LogP contribution is -2.60. The number of nitrogens with two attached hydrogens (primary N) is 1. The van der Waals surface area contributed by atoms with Gasteiger partial charge in [-0.25, -0.2) is 4.79 Å². The Bertz CT molecular complexity index is 994. The summed E-state index contributed by atoms with van der Waals surface area (Å²) in [6.45, 7) is 9.89. The van der Waals surface area contributed by atoms with Crippen molar-refractivity contribution in [3.63, 3.8) is 0 Å². The van der Waals surface area contributed by atoms with Crippen LogP contribution in [0.4, 0.5) is 4.79 Å². The number of rotatable bonds is 9. The van der Waals surface area contributed by atoms with Gasteiger partial charge in [-0.15, -0.1) is 0 Å². The number of primary amides is 1. The summed E-state index contributed by atoms with van der Waals surface area (Å²) < 4.78 is 5.48. The van der Waals surface area contributed by atoms with Crippen LogP contribution in [-0.2, 0) is 23.9 Å². The number of nitrogens with zero attached hydrogens (tertiary/aromatic N) is 1. The number of carbonyl (C=O) groups is 5. The van der Waals surface area contributed by atoms with Crippen LogP contribution in [0, 0.1) is 29.1 Å². The summed E-state index contributed by atoms with van der Waals surface area (Å²) in [5.74, 6) is -2.29. The topological polar surface area (TPSA) is 148 Å². The highest BCUT2D eigenvalue weighted by atomic mass is 16.6. The smallest absolute Gasteiger partial charge is 0.408 e. The third kappa shape index (κ3) is 6.40. The van der Waals surface area contributed by atoms with E-state index in [1.165, 1.54) is 0 Å². The molecule has 1 aliphatic heterocycles. The molecule has 4 rings (SSSR count). The van der Waals surface area contributed by atoms with E-state index in [1.54, 1.807) is 25.7 Å². The van der Waals surface area contributed by atoms with Crippen molar-refractivity contribution in [1.82, 2.24) is 15.5 Å². The lowest BCUT2D eigenvalue weighted by molar-refractivity contribution is -0.144. The molecule has 10 heteroatoms. The molecule has 5 unspecified atom stereocenters. The third-order valence-corrected chi connectivity index (χ3v) is 9.49. The maximum Gasteiger partial charge on any atom is 0.408 e. The fraction of sp³-hybridized carbons (Fsp3) is 0.828. The number of hydrogen-bond acceptors (Lipinski definition) is 6. The number of piperidine rings is 1. The summed E-state index contributed by atoms with van der Waals surface area (Å²) >= 11 is 0. The van der Waals surface area contributed by atoms with Crippen LogP contribution in [0.3, 0.4) is 0 Å². The molecule has 0 aromatic heterocycles. The molecule has 0 radical (unpaired) electrons. The number of alkyl carbamates (subject to hydrolysis) is 1. The molecule has 0 spiro atoms. The monoisotopic (exact) mass is 546 g/mol. The van der Waals surface area contributed by atoms with Gasteiger partial charge in [0.1, 0.15) is 17.7 Å². The van der Waals surface area contributed by atoms with Crippen molar-refractivity contribution in [2.45, 2.75) is 116 Å². The first-order valence-corrected chi connectivity index (χ1v) is 14.6. The number of carbonyl (C=O) groups excluding carboxylic acids is 5. The van der Waals surface area contributed by atoms with Gasteiger partial charge in [-0.3, -0.25) is 19.2 Å². The number of Topliss-reactive ketones (excluding diaryl/α,β-unsaturated/α-hetero) is 1. The number of fused-ring (bicyclic) bond motifs is 1. The molecule has 1 saturated heterocycles. The third-order valence-electron chi connectivity index (χ3n) is 9.49. The van der Waals surface area contributed by atoms with Gasteiger partial charge in [-0.05, 0) is 69.1 Å². The van der Waals surface area contributed by atoms with Gasteiger partial charge in [-0.2, -0.15) is 0 Å². The second kappa shape index (κ2) is 11.1. The van der Waals surface area contributed by atoms with E-state index in [0.717, 1.165) is 51.4 Å². The van der Waals surface area contributed by atoms with Crippen molar-refractivity contribution >= 4 is 29.6 Å². The molecule has 4 fully saturated rings. The summed E-state index contributed by atoms with van der Waals surface area (Å²) in [5.41, 5.74) is 4.47. The average Bonchev–Trinajstić information content (AvgIpc) is 3.15. The van der Waals surface area contributed by atoms with Crippen LogP contribution in [-0.4, -0.2) is 64.8 Å². The van der Waals surface area contributed by atoms with Gasteiger partial charge in [0.2, 0.25) is 17.6 Å². The number of hydrogen-bond donors (Lipinski definition) is 3. The lowest BCUT2D eigenvalue weighted by Gasteiger charge is -2.37. The molecular weight excluding hydrogens is 500 g/mol. The van der Waals surface area contributed by atoms with E-state index in [-0.39, 0.29) is 35.0 Å². The zero-order valence-corrected chi connectivity index (χ0v) is 24.1. The van der Waals surface area contributed by atoms with Gasteiger partial charge < -0.3 is 26.0 Å². The molecule has 39 heavy (non-hydrogen) atoms. The first-order chi connectivity index (χ1) is 18.2. The Labute approximate surface area is 231 Å². The van der Waals surface area contributed by atoms with Crippen molar-refractivity contribution in [2.24, 2.45) is 34.8 Å². The standard InChI is InChI=1S/C29H46N4O6/c1-28(2,3)39-27(38)32-21(17-12-7-6-8-13-17)26(37)33-15-18-20(29(18,4)5)22(33)25(36)31-19(23(34)24(30)35)14-16-10-9-11-16/h16-22H,6-15H2,1-5H3,(H2,30,35)(H,31,36)(H,32,38). The van der Waals surface area contributed by atoms with Crippen LogP contribution in [0.5, 0.6) is 0 Å². The van der Waals surface area contributed by atoms with E-state index in [4.69, 9.17) is 10.5 Å². The summed E-state index contributed by atoms with van der Waals surface area (Å²) in [7, 11) is 0. The zero-order chi connectivity index (χ0) is 28.7. The maximum atomic E-state index is 14.1. The highest BCUT2D eigenvalue weighted by Gasteiger charge is 2.69. The molecule has 4 amide bonds. The minimum atomic E-state index is -1.07. The minimum absolute atomic E-state index is 0.0461. The fourth-order valence-electron chi connectivity index (χ4n) is 7.00. The summed E-state index contributed by atoms with van der Waals surface area (Å²) in [5, 5.41) is 5.66. The molecule has 0 aromatic rings. The van der Waals surface area contributed by atoms with Crippen LogP contribution in [0.2, 0.25) is 0 Å². The Morgan fingerprint density at radius 1 is 0.974 bits per heavy atom. The first kappa shape index (κ1) is 29.3. The Morgan fingerprint density at radius 3 is 2.15 bits per heavy atom.